The van der Waals surface area contributed by atoms with Gasteiger partial charge in [0, 0.05) is 5.56 Å². The summed E-state index contributed by atoms with van der Waals surface area (Å²) in [6.07, 6.45) is 0. The van der Waals surface area contributed by atoms with Crippen molar-refractivity contribution < 1.29 is 14.3 Å². The number of carboxylic acids is 1. The van der Waals surface area contributed by atoms with E-state index < -0.39 is 11.8 Å². The number of thiazole rings is 1. The Hall–Kier alpha value is -1.95. The van der Waals surface area contributed by atoms with Gasteiger partial charge in [0.25, 0.3) is 0 Å². The maximum absolute atomic E-state index is 13.4. The number of carbonyl (C=O) groups is 1. The fourth-order valence-electron chi connectivity index (χ4n) is 1.24. The van der Waals surface area contributed by atoms with Crippen molar-refractivity contribution in [2.24, 2.45) is 0 Å². The first-order valence-corrected chi connectivity index (χ1v) is 5.15. The minimum atomic E-state index is -1.21. The highest BCUT2D eigenvalue weighted by molar-refractivity contribution is 7.19. The maximum Gasteiger partial charge on any atom is 0.357 e. The molecule has 6 heteroatoms. The van der Waals surface area contributed by atoms with Crippen molar-refractivity contribution in [1.82, 2.24) is 4.98 Å². The predicted molar refractivity (Wildman–Crippen MR) is 58.9 cm³/mol. The largest absolute Gasteiger partial charge is 0.476 e. The van der Waals surface area contributed by atoms with Gasteiger partial charge in [-0.3, -0.25) is 0 Å². The van der Waals surface area contributed by atoms with Gasteiger partial charge in [0.05, 0.1) is 0 Å². The van der Waals surface area contributed by atoms with Crippen LogP contribution in [0.25, 0.3) is 10.6 Å². The van der Waals surface area contributed by atoms with Gasteiger partial charge in [0.1, 0.15) is 15.8 Å². The summed E-state index contributed by atoms with van der Waals surface area (Å²) < 4.78 is 13.4. The number of hydrogen-bond acceptors (Lipinski definition) is 4. The fraction of sp³-hybridized carbons (Fsp3) is 0. The summed E-state index contributed by atoms with van der Waals surface area (Å²) in [5.41, 5.74) is 5.51. The van der Waals surface area contributed by atoms with Crippen LogP contribution in [-0.4, -0.2) is 16.1 Å². The van der Waals surface area contributed by atoms with E-state index in [1.165, 1.54) is 12.1 Å². The number of aromatic nitrogens is 1. The van der Waals surface area contributed by atoms with E-state index in [4.69, 9.17) is 10.8 Å². The highest BCUT2D eigenvalue weighted by Gasteiger charge is 2.17. The van der Waals surface area contributed by atoms with Crippen molar-refractivity contribution in [3.8, 4) is 10.6 Å². The molecule has 1 aromatic carbocycles. The van der Waals surface area contributed by atoms with Gasteiger partial charge in [-0.05, 0) is 12.1 Å². The molecule has 3 N–H and O–H groups in total. The van der Waals surface area contributed by atoms with Gasteiger partial charge in [-0.2, -0.15) is 0 Å². The van der Waals surface area contributed by atoms with E-state index >= 15 is 0 Å². The summed E-state index contributed by atoms with van der Waals surface area (Å²) in [5, 5.41) is 9.11. The fourth-order valence-corrected chi connectivity index (χ4v) is 2.09. The number of hydrogen-bond donors (Lipinski definition) is 2. The molecule has 0 atom stereocenters. The Balaban J connectivity index is 2.54. The highest BCUT2D eigenvalue weighted by Crippen LogP contribution is 2.31. The average Bonchev–Trinajstić information content (AvgIpc) is 2.61. The van der Waals surface area contributed by atoms with Crippen LogP contribution >= 0.6 is 11.3 Å². The van der Waals surface area contributed by atoms with Crippen LogP contribution in [0.2, 0.25) is 0 Å². The molecule has 82 valence electrons. The number of nitrogen functional groups attached to an aromatic ring is 1. The molecule has 0 aliphatic rings. The van der Waals surface area contributed by atoms with Gasteiger partial charge in [-0.1, -0.05) is 23.5 Å². The number of benzene rings is 1. The van der Waals surface area contributed by atoms with Crippen LogP contribution in [0.3, 0.4) is 0 Å². The van der Waals surface area contributed by atoms with Crippen LogP contribution in [0.1, 0.15) is 10.5 Å². The molecule has 0 bridgehead atoms. The van der Waals surface area contributed by atoms with Crippen molar-refractivity contribution in [2.75, 3.05) is 5.73 Å². The van der Waals surface area contributed by atoms with E-state index in [1.807, 2.05) is 0 Å². The molecule has 0 saturated carbocycles. The smallest absolute Gasteiger partial charge is 0.357 e. The van der Waals surface area contributed by atoms with Crippen LogP contribution in [-0.2, 0) is 0 Å². The summed E-state index contributed by atoms with van der Waals surface area (Å²) in [4.78, 5) is 14.5. The van der Waals surface area contributed by atoms with Gasteiger partial charge in [0.15, 0.2) is 5.69 Å². The lowest BCUT2D eigenvalue weighted by atomic mass is 10.2. The number of carboxylic acid groups (broad SMARTS) is 1. The van der Waals surface area contributed by atoms with Crippen LogP contribution in [0, 0.1) is 5.82 Å². The number of aromatic carboxylic acids is 1. The lowest BCUT2D eigenvalue weighted by Gasteiger charge is -1.96. The highest BCUT2D eigenvalue weighted by atomic mass is 32.1. The third kappa shape index (κ3) is 1.74. The average molecular weight is 238 g/mol. The quantitative estimate of drug-likeness (QED) is 0.841. The molecular formula is C10H7FN2O2S. The zero-order valence-electron chi connectivity index (χ0n) is 7.98. The molecule has 0 aliphatic heterocycles. The summed E-state index contributed by atoms with van der Waals surface area (Å²) in [6.45, 7) is 0. The lowest BCUT2D eigenvalue weighted by molar-refractivity contribution is 0.0692. The topological polar surface area (TPSA) is 76.2 Å². The zero-order chi connectivity index (χ0) is 11.7. The van der Waals surface area contributed by atoms with E-state index in [1.54, 1.807) is 12.1 Å². The third-order valence-corrected chi connectivity index (χ3v) is 2.88. The Morgan fingerprint density at radius 3 is 2.69 bits per heavy atom. The predicted octanol–water partition coefficient (Wildman–Crippen LogP) is 2.23. The first-order chi connectivity index (χ1) is 7.59. The van der Waals surface area contributed by atoms with Gasteiger partial charge < -0.3 is 10.8 Å². The molecule has 0 unspecified atom stereocenters. The Bertz CT molecular complexity index is 554. The van der Waals surface area contributed by atoms with Crippen molar-refractivity contribution in [2.45, 2.75) is 0 Å². The molecule has 0 radical (unpaired) electrons. The van der Waals surface area contributed by atoms with Crippen LogP contribution < -0.4 is 5.73 Å². The summed E-state index contributed by atoms with van der Waals surface area (Å²) in [7, 11) is 0. The summed E-state index contributed by atoms with van der Waals surface area (Å²) in [6, 6.07) is 6.01. The van der Waals surface area contributed by atoms with Crippen LogP contribution in [0.15, 0.2) is 24.3 Å². The number of rotatable bonds is 2. The second kappa shape index (κ2) is 3.90. The molecule has 1 aromatic heterocycles. The standard InChI is InChI=1S/C10H7FN2O2S/c11-6-4-2-1-3-5(6)9-13-7(10(14)15)8(12)16-9/h1-4H,12H2,(H,14,15). The minimum absolute atomic E-state index is 0.0748. The molecule has 2 rings (SSSR count). The first kappa shape index (κ1) is 10.6. The van der Waals surface area contributed by atoms with Crippen molar-refractivity contribution in [3.63, 3.8) is 0 Å². The molecule has 1 heterocycles. The molecule has 4 nitrogen and oxygen atoms in total. The number of nitrogens with zero attached hydrogens (tertiary/aromatic N) is 1. The van der Waals surface area contributed by atoms with Gasteiger partial charge in [-0.15, -0.1) is 0 Å². The van der Waals surface area contributed by atoms with Crippen molar-refractivity contribution >= 4 is 22.3 Å². The molecule has 16 heavy (non-hydrogen) atoms. The Labute approximate surface area is 94.2 Å². The Morgan fingerprint density at radius 2 is 2.12 bits per heavy atom. The van der Waals surface area contributed by atoms with Crippen LogP contribution in [0.5, 0.6) is 0 Å². The minimum Gasteiger partial charge on any atom is -0.476 e. The van der Waals surface area contributed by atoms with Gasteiger partial charge >= 0.3 is 5.97 Å². The van der Waals surface area contributed by atoms with E-state index in [-0.39, 0.29) is 21.3 Å². The van der Waals surface area contributed by atoms with E-state index in [0.717, 1.165) is 11.3 Å². The van der Waals surface area contributed by atoms with Gasteiger partial charge in [0.2, 0.25) is 0 Å². The number of anilines is 1. The molecule has 0 saturated heterocycles. The lowest BCUT2D eigenvalue weighted by Crippen LogP contribution is -2.00. The second-order valence-corrected chi connectivity index (χ2v) is 4.05. The van der Waals surface area contributed by atoms with E-state index in [9.17, 15) is 9.18 Å². The summed E-state index contributed by atoms with van der Waals surface area (Å²) >= 11 is 0.956. The Morgan fingerprint density at radius 1 is 1.44 bits per heavy atom. The summed E-state index contributed by atoms with van der Waals surface area (Å²) in [5.74, 6) is -1.66. The molecule has 0 amide bonds. The number of halogens is 1. The Kier molecular flexibility index (Phi) is 2.57. The van der Waals surface area contributed by atoms with Crippen LogP contribution in [0.4, 0.5) is 9.39 Å². The van der Waals surface area contributed by atoms with E-state index in [0.29, 0.717) is 0 Å². The molecule has 2 aromatic rings. The second-order valence-electron chi connectivity index (χ2n) is 3.02. The monoisotopic (exact) mass is 238 g/mol. The maximum atomic E-state index is 13.4. The van der Waals surface area contributed by atoms with Crippen molar-refractivity contribution in [1.29, 1.82) is 0 Å². The molecule has 0 spiro atoms. The van der Waals surface area contributed by atoms with Gasteiger partial charge in [-0.25, -0.2) is 14.2 Å². The van der Waals surface area contributed by atoms with E-state index in [2.05, 4.69) is 4.98 Å². The molecular weight excluding hydrogens is 231 g/mol. The zero-order valence-corrected chi connectivity index (χ0v) is 8.79. The third-order valence-electron chi connectivity index (χ3n) is 1.96. The number of nitrogens with two attached hydrogens (primary N) is 1. The normalized spacial score (nSPS) is 10.3. The molecule has 0 fully saturated rings. The SMILES string of the molecule is Nc1sc(-c2ccccc2F)nc1C(=O)O. The first-order valence-electron chi connectivity index (χ1n) is 4.34. The van der Waals surface area contributed by atoms with Crippen molar-refractivity contribution in [3.05, 3.63) is 35.8 Å². The molecule has 0 aliphatic carbocycles.